The van der Waals surface area contributed by atoms with Crippen LogP contribution in [-0.4, -0.2) is 40.6 Å². The molecule has 0 saturated carbocycles. The lowest BCUT2D eigenvalue weighted by Gasteiger charge is -2.07. The first-order valence-corrected chi connectivity index (χ1v) is 9.87. The van der Waals surface area contributed by atoms with Gasteiger partial charge in [0.15, 0.2) is 0 Å². The molecule has 7 nitrogen and oxygen atoms in total. The van der Waals surface area contributed by atoms with Gasteiger partial charge in [0.05, 0.1) is 18.9 Å². The fraction of sp³-hybridized carbons (Fsp3) is 0.222. The average Bonchev–Trinajstić information content (AvgIpc) is 3.07. The third kappa shape index (κ3) is 4.09. The van der Waals surface area contributed by atoms with Gasteiger partial charge in [-0.2, -0.15) is 5.10 Å². The van der Waals surface area contributed by atoms with Crippen molar-refractivity contribution < 1.29 is 13.5 Å². The number of nitrogens with one attached hydrogen (secondary N) is 1. The zero-order chi connectivity index (χ0) is 18.6. The van der Waals surface area contributed by atoms with Crippen molar-refractivity contribution in [1.82, 2.24) is 14.8 Å². The Kier molecular flexibility index (Phi) is 5.34. The number of benzene rings is 1. The molecular formula is C18H20N4O3S. The molecule has 8 heteroatoms. The van der Waals surface area contributed by atoms with Crippen molar-refractivity contribution in [2.45, 2.75) is 13.5 Å². The van der Waals surface area contributed by atoms with Gasteiger partial charge in [-0.15, -0.1) is 0 Å². The van der Waals surface area contributed by atoms with Crippen molar-refractivity contribution >= 4 is 15.7 Å². The summed E-state index contributed by atoms with van der Waals surface area (Å²) in [5.74, 6) is 0.0227. The Bertz CT molecular complexity index is 967. The summed E-state index contributed by atoms with van der Waals surface area (Å²) in [5, 5.41) is 13.8. The standard InChI is InChI=1S/C18H20N4O3S/c1-2-26(24,25)21-16-5-3-14(4-6-16)17-13-22(11-12-23)20-18(17)15-7-9-19-10-8-15/h3-10,13,21,23H,2,11-12H2,1H3. The van der Waals surface area contributed by atoms with Gasteiger partial charge in [0, 0.05) is 35.4 Å². The first-order valence-electron chi connectivity index (χ1n) is 8.22. The molecule has 0 spiro atoms. The number of aliphatic hydroxyl groups is 1. The molecule has 26 heavy (non-hydrogen) atoms. The zero-order valence-corrected chi connectivity index (χ0v) is 15.1. The van der Waals surface area contributed by atoms with Crippen LogP contribution in [0.4, 0.5) is 5.69 Å². The molecule has 0 saturated heterocycles. The minimum absolute atomic E-state index is 0.00532. The van der Waals surface area contributed by atoms with E-state index in [0.29, 0.717) is 12.2 Å². The van der Waals surface area contributed by atoms with Crippen LogP contribution in [0.2, 0.25) is 0 Å². The molecule has 0 amide bonds. The van der Waals surface area contributed by atoms with Gasteiger partial charge in [-0.25, -0.2) is 8.42 Å². The molecule has 3 rings (SSSR count). The fourth-order valence-corrected chi connectivity index (χ4v) is 3.18. The number of hydrogen-bond donors (Lipinski definition) is 2. The Morgan fingerprint density at radius 1 is 1.08 bits per heavy atom. The van der Waals surface area contributed by atoms with Crippen LogP contribution < -0.4 is 4.72 Å². The van der Waals surface area contributed by atoms with E-state index in [0.717, 1.165) is 22.4 Å². The average molecular weight is 372 g/mol. The van der Waals surface area contributed by atoms with E-state index >= 15 is 0 Å². The topological polar surface area (TPSA) is 97.1 Å². The minimum Gasteiger partial charge on any atom is -0.394 e. The maximum atomic E-state index is 11.7. The third-order valence-corrected chi connectivity index (χ3v) is 5.20. The summed E-state index contributed by atoms with van der Waals surface area (Å²) in [6, 6.07) is 10.9. The van der Waals surface area contributed by atoms with Gasteiger partial charge in [-0.1, -0.05) is 12.1 Å². The lowest BCUT2D eigenvalue weighted by Crippen LogP contribution is -2.14. The molecular weight excluding hydrogens is 352 g/mol. The Balaban J connectivity index is 1.98. The number of sulfonamides is 1. The third-order valence-electron chi connectivity index (χ3n) is 3.89. The molecule has 0 aliphatic heterocycles. The lowest BCUT2D eigenvalue weighted by molar-refractivity contribution is 0.269. The van der Waals surface area contributed by atoms with Crippen LogP contribution in [-0.2, 0) is 16.6 Å². The highest BCUT2D eigenvalue weighted by Gasteiger charge is 2.14. The molecule has 0 fully saturated rings. The molecule has 0 unspecified atom stereocenters. The number of aromatic nitrogens is 3. The highest BCUT2D eigenvalue weighted by atomic mass is 32.2. The van der Waals surface area contributed by atoms with E-state index in [1.165, 1.54) is 0 Å². The lowest BCUT2D eigenvalue weighted by atomic mass is 10.0. The van der Waals surface area contributed by atoms with E-state index < -0.39 is 10.0 Å². The minimum atomic E-state index is -3.31. The van der Waals surface area contributed by atoms with Crippen molar-refractivity contribution in [3.8, 4) is 22.4 Å². The van der Waals surface area contributed by atoms with Gasteiger partial charge in [0.1, 0.15) is 5.69 Å². The van der Waals surface area contributed by atoms with Crippen LogP contribution in [0.3, 0.4) is 0 Å². The molecule has 0 aliphatic rings. The van der Waals surface area contributed by atoms with Crippen LogP contribution in [0.15, 0.2) is 55.0 Å². The number of hydrogen-bond acceptors (Lipinski definition) is 5. The van der Waals surface area contributed by atoms with Crippen LogP contribution >= 0.6 is 0 Å². The Hall–Kier alpha value is -2.71. The molecule has 136 valence electrons. The molecule has 2 N–H and O–H groups in total. The Morgan fingerprint density at radius 2 is 1.77 bits per heavy atom. The van der Waals surface area contributed by atoms with E-state index in [1.807, 2.05) is 30.5 Å². The molecule has 0 bridgehead atoms. The van der Waals surface area contributed by atoms with E-state index in [4.69, 9.17) is 0 Å². The molecule has 3 aromatic rings. The zero-order valence-electron chi connectivity index (χ0n) is 14.3. The first-order chi connectivity index (χ1) is 12.5. The van der Waals surface area contributed by atoms with Crippen LogP contribution in [0.1, 0.15) is 6.92 Å². The van der Waals surface area contributed by atoms with Crippen molar-refractivity contribution in [3.63, 3.8) is 0 Å². The first kappa shape index (κ1) is 18.1. The summed E-state index contributed by atoms with van der Waals surface area (Å²) in [6.07, 6.45) is 5.27. The van der Waals surface area contributed by atoms with Crippen molar-refractivity contribution in [2.24, 2.45) is 0 Å². The highest BCUT2D eigenvalue weighted by molar-refractivity contribution is 7.92. The summed E-state index contributed by atoms with van der Waals surface area (Å²) in [5.41, 5.74) is 4.02. The predicted octanol–water partition coefficient (Wildman–Crippen LogP) is 2.37. The summed E-state index contributed by atoms with van der Waals surface area (Å²) in [7, 11) is -3.31. The summed E-state index contributed by atoms with van der Waals surface area (Å²) in [6.45, 7) is 1.98. The fourth-order valence-electron chi connectivity index (χ4n) is 2.54. The molecule has 2 aromatic heterocycles. The van der Waals surface area contributed by atoms with E-state index in [-0.39, 0.29) is 12.4 Å². The predicted molar refractivity (Wildman–Crippen MR) is 101 cm³/mol. The SMILES string of the molecule is CCS(=O)(=O)Nc1ccc(-c2cn(CCO)nc2-c2ccncc2)cc1. The monoisotopic (exact) mass is 372 g/mol. The summed E-state index contributed by atoms with van der Waals surface area (Å²) < 4.78 is 27.6. The number of aliphatic hydroxyl groups excluding tert-OH is 1. The van der Waals surface area contributed by atoms with E-state index in [2.05, 4.69) is 14.8 Å². The van der Waals surface area contributed by atoms with Crippen LogP contribution in [0, 0.1) is 0 Å². The van der Waals surface area contributed by atoms with Crippen molar-refractivity contribution in [3.05, 3.63) is 55.0 Å². The smallest absolute Gasteiger partial charge is 0.232 e. The maximum absolute atomic E-state index is 11.7. The van der Waals surface area contributed by atoms with Gasteiger partial charge in [0.2, 0.25) is 10.0 Å². The maximum Gasteiger partial charge on any atom is 0.232 e. The molecule has 1 aromatic carbocycles. The van der Waals surface area contributed by atoms with Gasteiger partial charge in [-0.3, -0.25) is 14.4 Å². The normalized spacial score (nSPS) is 11.5. The Labute approximate surface area is 152 Å². The molecule has 0 aliphatic carbocycles. The molecule has 2 heterocycles. The number of anilines is 1. The van der Waals surface area contributed by atoms with Crippen LogP contribution in [0.5, 0.6) is 0 Å². The Morgan fingerprint density at radius 3 is 2.38 bits per heavy atom. The second-order valence-corrected chi connectivity index (χ2v) is 7.71. The van der Waals surface area contributed by atoms with Gasteiger partial charge >= 0.3 is 0 Å². The quantitative estimate of drug-likeness (QED) is 0.664. The second-order valence-electron chi connectivity index (χ2n) is 5.70. The van der Waals surface area contributed by atoms with E-state index in [9.17, 15) is 13.5 Å². The summed E-state index contributed by atoms with van der Waals surface area (Å²) >= 11 is 0. The largest absolute Gasteiger partial charge is 0.394 e. The van der Waals surface area contributed by atoms with Crippen molar-refractivity contribution in [1.29, 1.82) is 0 Å². The van der Waals surface area contributed by atoms with Gasteiger partial charge in [0.25, 0.3) is 0 Å². The summed E-state index contributed by atoms with van der Waals surface area (Å²) in [4.78, 5) is 4.03. The highest BCUT2D eigenvalue weighted by Crippen LogP contribution is 2.31. The second kappa shape index (κ2) is 7.67. The van der Waals surface area contributed by atoms with Gasteiger partial charge < -0.3 is 5.11 Å². The van der Waals surface area contributed by atoms with Gasteiger partial charge in [-0.05, 0) is 36.8 Å². The van der Waals surface area contributed by atoms with Crippen molar-refractivity contribution in [2.75, 3.05) is 17.1 Å². The number of rotatable bonds is 7. The molecule has 0 atom stereocenters. The molecule has 0 radical (unpaired) electrons. The number of pyridine rings is 1. The van der Waals surface area contributed by atoms with Crippen LogP contribution in [0.25, 0.3) is 22.4 Å². The number of nitrogens with zero attached hydrogens (tertiary/aromatic N) is 3. The van der Waals surface area contributed by atoms with E-state index in [1.54, 1.807) is 36.1 Å².